The Labute approximate surface area is 55.8 Å². The van der Waals surface area contributed by atoms with Gasteiger partial charge < -0.3 is 5.73 Å². The van der Waals surface area contributed by atoms with Crippen LogP contribution in [0.15, 0.2) is 29.5 Å². The normalized spacial score (nSPS) is 12.4. The van der Waals surface area contributed by atoms with E-state index in [1.165, 1.54) is 0 Å². The number of nitrogens with zero attached hydrogens (tertiary/aromatic N) is 1. The van der Waals surface area contributed by atoms with Crippen molar-refractivity contribution in [3.8, 4) is 0 Å². The molecule has 0 aromatic carbocycles. The SMILES string of the molecule is C=C(N)C(C)=N/C=C\C. The third kappa shape index (κ3) is 3.53. The van der Waals surface area contributed by atoms with E-state index in [1.54, 1.807) is 6.20 Å². The average molecular weight is 124 g/mol. The molecule has 0 saturated carbocycles. The van der Waals surface area contributed by atoms with E-state index in [1.807, 2.05) is 19.9 Å². The molecule has 0 heterocycles. The molecule has 9 heavy (non-hydrogen) atoms. The first-order valence-corrected chi connectivity index (χ1v) is 2.78. The molecule has 0 rings (SSSR count). The van der Waals surface area contributed by atoms with Crippen LogP contribution in [-0.4, -0.2) is 5.71 Å². The van der Waals surface area contributed by atoms with E-state index in [0.717, 1.165) is 5.71 Å². The standard InChI is InChI=1S/C7H12N2/c1-4-5-9-7(3)6(2)8/h4-5H,2,8H2,1,3H3/b5-4-,9-7?. The molecule has 2 heteroatoms. The van der Waals surface area contributed by atoms with Crippen LogP contribution in [0.25, 0.3) is 0 Å². The zero-order chi connectivity index (χ0) is 7.28. The van der Waals surface area contributed by atoms with Gasteiger partial charge >= 0.3 is 0 Å². The first-order valence-electron chi connectivity index (χ1n) is 2.78. The maximum Gasteiger partial charge on any atom is 0.0595 e. The van der Waals surface area contributed by atoms with Gasteiger partial charge in [-0.15, -0.1) is 0 Å². The molecule has 50 valence electrons. The molecule has 0 radical (unpaired) electrons. The molecular formula is C7H12N2. The molecule has 2 nitrogen and oxygen atoms in total. The van der Waals surface area contributed by atoms with Crippen molar-refractivity contribution in [1.82, 2.24) is 0 Å². The molecule has 0 amide bonds. The van der Waals surface area contributed by atoms with Crippen LogP contribution in [0.4, 0.5) is 0 Å². The zero-order valence-corrected chi connectivity index (χ0v) is 5.89. The number of allylic oxidation sites excluding steroid dienone is 2. The van der Waals surface area contributed by atoms with E-state index < -0.39 is 0 Å². The molecular weight excluding hydrogens is 112 g/mol. The Morgan fingerprint density at radius 3 is 2.56 bits per heavy atom. The molecule has 0 spiro atoms. The van der Waals surface area contributed by atoms with Crippen LogP contribution in [0.2, 0.25) is 0 Å². The fraction of sp³-hybridized carbons (Fsp3) is 0.286. The fourth-order valence-corrected chi connectivity index (χ4v) is 0.269. The summed E-state index contributed by atoms with van der Waals surface area (Å²) in [5.74, 6) is 0. The summed E-state index contributed by atoms with van der Waals surface area (Å²) in [7, 11) is 0. The van der Waals surface area contributed by atoms with Crippen LogP contribution in [0.5, 0.6) is 0 Å². The largest absolute Gasteiger partial charge is 0.398 e. The van der Waals surface area contributed by atoms with E-state index >= 15 is 0 Å². The molecule has 0 bridgehead atoms. The Bertz CT molecular complexity index is 154. The van der Waals surface area contributed by atoms with Crippen molar-refractivity contribution in [2.75, 3.05) is 0 Å². The highest BCUT2D eigenvalue weighted by molar-refractivity contribution is 5.97. The molecule has 0 aliphatic rings. The number of hydrogen-bond acceptors (Lipinski definition) is 2. The maximum atomic E-state index is 5.32. The van der Waals surface area contributed by atoms with Crippen molar-refractivity contribution < 1.29 is 0 Å². The smallest absolute Gasteiger partial charge is 0.0595 e. The Hall–Kier alpha value is -1.05. The summed E-state index contributed by atoms with van der Waals surface area (Å²) in [6, 6.07) is 0. The zero-order valence-electron chi connectivity index (χ0n) is 5.89. The topological polar surface area (TPSA) is 38.4 Å². The molecule has 0 saturated heterocycles. The molecule has 2 N–H and O–H groups in total. The van der Waals surface area contributed by atoms with Crippen LogP contribution in [0.3, 0.4) is 0 Å². The molecule has 0 fully saturated rings. The Morgan fingerprint density at radius 2 is 2.22 bits per heavy atom. The maximum absolute atomic E-state index is 5.32. The highest BCUT2D eigenvalue weighted by Crippen LogP contribution is 1.85. The van der Waals surface area contributed by atoms with Gasteiger partial charge in [-0.2, -0.15) is 0 Å². The Balaban J connectivity index is 4.00. The first kappa shape index (κ1) is 7.95. The van der Waals surface area contributed by atoms with Gasteiger partial charge in [-0.1, -0.05) is 12.7 Å². The van der Waals surface area contributed by atoms with Crippen LogP contribution in [-0.2, 0) is 0 Å². The summed E-state index contributed by atoms with van der Waals surface area (Å²) >= 11 is 0. The van der Waals surface area contributed by atoms with Crippen LogP contribution < -0.4 is 5.73 Å². The average Bonchev–Trinajstić information content (AvgIpc) is 1.82. The van der Waals surface area contributed by atoms with Gasteiger partial charge in [0, 0.05) is 11.9 Å². The number of rotatable bonds is 2. The van der Waals surface area contributed by atoms with Gasteiger partial charge in [0.2, 0.25) is 0 Å². The lowest BCUT2D eigenvalue weighted by atomic mass is 10.3. The van der Waals surface area contributed by atoms with Crippen molar-refractivity contribution in [1.29, 1.82) is 0 Å². The predicted octanol–water partition coefficient (Wildman–Crippen LogP) is 1.45. The van der Waals surface area contributed by atoms with Gasteiger partial charge in [0.1, 0.15) is 0 Å². The van der Waals surface area contributed by atoms with Crippen LogP contribution in [0.1, 0.15) is 13.8 Å². The minimum atomic E-state index is 0.521. The molecule has 0 aliphatic carbocycles. The van der Waals surface area contributed by atoms with Gasteiger partial charge in [-0.05, 0) is 13.8 Å². The summed E-state index contributed by atoms with van der Waals surface area (Å²) in [6.45, 7) is 7.24. The minimum Gasteiger partial charge on any atom is -0.398 e. The number of nitrogens with two attached hydrogens (primary N) is 1. The summed E-state index contributed by atoms with van der Waals surface area (Å²) in [6.07, 6.45) is 3.53. The van der Waals surface area contributed by atoms with Crippen molar-refractivity contribution >= 4 is 5.71 Å². The van der Waals surface area contributed by atoms with E-state index in [-0.39, 0.29) is 0 Å². The first-order chi connectivity index (χ1) is 4.18. The fourth-order valence-electron chi connectivity index (χ4n) is 0.269. The second-order valence-electron chi connectivity index (χ2n) is 1.72. The monoisotopic (exact) mass is 124 g/mol. The minimum absolute atomic E-state index is 0.521. The molecule has 0 atom stereocenters. The van der Waals surface area contributed by atoms with E-state index in [4.69, 9.17) is 5.73 Å². The number of hydrogen-bond donors (Lipinski definition) is 1. The van der Waals surface area contributed by atoms with Crippen LogP contribution >= 0.6 is 0 Å². The quantitative estimate of drug-likeness (QED) is 0.556. The van der Waals surface area contributed by atoms with E-state index in [0.29, 0.717) is 5.70 Å². The highest BCUT2D eigenvalue weighted by atomic mass is 14.7. The lowest BCUT2D eigenvalue weighted by Crippen LogP contribution is -2.04. The molecule has 0 aromatic rings. The van der Waals surface area contributed by atoms with Gasteiger partial charge in [-0.25, -0.2) is 0 Å². The second-order valence-corrected chi connectivity index (χ2v) is 1.72. The van der Waals surface area contributed by atoms with E-state index in [9.17, 15) is 0 Å². The Morgan fingerprint density at radius 1 is 1.67 bits per heavy atom. The van der Waals surface area contributed by atoms with Gasteiger partial charge in [-0.3, -0.25) is 4.99 Å². The number of aliphatic imine (C=N–C) groups is 1. The molecule has 0 aromatic heterocycles. The van der Waals surface area contributed by atoms with Crippen molar-refractivity contribution in [2.24, 2.45) is 10.7 Å². The van der Waals surface area contributed by atoms with Gasteiger partial charge in [0.05, 0.1) is 5.71 Å². The van der Waals surface area contributed by atoms with Gasteiger partial charge in [0.25, 0.3) is 0 Å². The third-order valence-corrected chi connectivity index (χ3v) is 0.882. The molecule has 0 unspecified atom stereocenters. The van der Waals surface area contributed by atoms with Crippen LogP contribution in [0, 0.1) is 0 Å². The summed E-state index contributed by atoms with van der Waals surface area (Å²) in [5, 5.41) is 0. The Kier molecular flexibility index (Phi) is 3.44. The van der Waals surface area contributed by atoms with E-state index in [2.05, 4.69) is 11.6 Å². The summed E-state index contributed by atoms with van der Waals surface area (Å²) < 4.78 is 0. The lowest BCUT2D eigenvalue weighted by Gasteiger charge is -1.92. The summed E-state index contributed by atoms with van der Waals surface area (Å²) in [4.78, 5) is 3.95. The third-order valence-electron chi connectivity index (χ3n) is 0.882. The summed E-state index contributed by atoms with van der Waals surface area (Å²) in [5.41, 5.74) is 6.61. The predicted molar refractivity (Wildman–Crippen MR) is 41.3 cm³/mol. The van der Waals surface area contributed by atoms with Crippen molar-refractivity contribution in [2.45, 2.75) is 13.8 Å². The van der Waals surface area contributed by atoms with Gasteiger partial charge in [0.15, 0.2) is 0 Å². The second kappa shape index (κ2) is 3.89. The van der Waals surface area contributed by atoms with Crippen molar-refractivity contribution in [3.63, 3.8) is 0 Å². The van der Waals surface area contributed by atoms with Crippen molar-refractivity contribution in [3.05, 3.63) is 24.6 Å². The lowest BCUT2D eigenvalue weighted by molar-refractivity contribution is 1.42. The highest BCUT2D eigenvalue weighted by Gasteiger charge is 1.85. The molecule has 0 aliphatic heterocycles.